The van der Waals surface area contributed by atoms with E-state index >= 15 is 0 Å². The van der Waals surface area contributed by atoms with Crippen molar-refractivity contribution in [2.75, 3.05) is 21.8 Å². The summed E-state index contributed by atoms with van der Waals surface area (Å²) in [4.78, 5) is 0. The van der Waals surface area contributed by atoms with Crippen molar-refractivity contribution in [2.45, 2.75) is 366 Å². The molecule has 1 saturated carbocycles. The molecule has 0 bridgehead atoms. The van der Waals surface area contributed by atoms with Crippen LogP contribution in [0.1, 0.15) is 361 Å². The summed E-state index contributed by atoms with van der Waals surface area (Å²) in [6.07, 6.45) is 7.29. The molecule has 12 heteroatoms. The second-order valence-electron chi connectivity index (χ2n) is 44.6. The molecule has 0 saturated heterocycles. The Balaban J connectivity index is 0.000000192. The molecule has 7 aromatic carbocycles. The minimum atomic E-state index is -1.50. The Hall–Kier alpha value is -6.04. The van der Waals surface area contributed by atoms with Gasteiger partial charge in [0.15, 0.2) is 0 Å². The molecule has 0 unspecified atom stereocenters. The van der Waals surface area contributed by atoms with Crippen molar-refractivity contribution >= 4 is 96.0 Å². The van der Waals surface area contributed by atoms with E-state index < -0.39 is 24.5 Å². The Labute approximate surface area is 674 Å². The number of nitrogens with one attached hydrogen (secondary N) is 3. The maximum absolute atomic E-state index is 6.99. The number of para-hydroxylation sites is 1. The van der Waals surface area contributed by atoms with Crippen molar-refractivity contribution in [3.05, 3.63) is 170 Å². The van der Waals surface area contributed by atoms with Gasteiger partial charge in [0.25, 0.3) is 0 Å². The van der Waals surface area contributed by atoms with Gasteiger partial charge in [0.05, 0.1) is 0 Å². The van der Waals surface area contributed by atoms with E-state index in [0.717, 1.165) is 73.7 Å². The van der Waals surface area contributed by atoms with Crippen molar-refractivity contribution in [1.29, 1.82) is 0 Å². The predicted octanol–water partition coefficient (Wildman–Crippen LogP) is 33.1. The fourth-order valence-corrected chi connectivity index (χ4v) is 18.4. The third kappa shape index (κ3) is 21.2. The highest BCUT2D eigenvalue weighted by atomic mass is 31.1. The molecule has 3 heterocycles. The summed E-state index contributed by atoms with van der Waals surface area (Å²) in [7, 11) is -4.18. The number of fused-ring (bicyclic) bond motifs is 9. The quantitative estimate of drug-likeness (QED) is 0.143. The zero-order valence-electron chi connectivity index (χ0n) is 76.1. The lowest BCUT2D eigenvalue weighted by Crippen LogP contribution is -2.20. The predicted molar refractivity (Wildman–Crippen MR) is 490 cm³/mol. The van der Waals surface area contributed by atoms with E-state index in [2.05, 4.69) is 356 Å². The van der Waals surface area contributed by atoms with Gasteiger partial charge < -0.3 is 25.2 Å². The van der Waals surface area contributed by atoms with E-state index in [9.17, 15) is 0 Å². The second kappa shape index (κ2) is 31.9. The number of hydrogen-bond acceptors (Lipinski definition) is 9. The Morgan fingerprint density at radius 1 is 0.279 bits per heavy atom. The van der Waals surface area contributed by atoms with Crippen LogP contribution in [0.25, 0.3) is 65.8 Å². The Morgan fingerprint density at radius 3 is 0.721 bits per heavy atom. The van der Waals surface area contributed by atoms with Crippen LogP contribution in [0.3, 0.4) is 0 Å². The number of rotatable bonds is 7. The fraction of sp³-hybridized carbons (Fsp3) is 0.576. The van der Waals surface area contributed by atoms with Crippen molar-refractivity contribution < 1.29 is 25.2 Å². The first-order valence-electron chi connectivity index (χ1n) is 41.5. The number of hydrogen-bond donors (Lipinski definition) is 3. The van der Waals surface area contributed by atoms with Crippen LogP contribution in [0.5, 0.6) is 0 Å². The topological polar surface area (TPSA) is 115 Å². The molecule has 1 aliphatic carbocycles. The fourth-order valence-electron chi connectivity index (χ4n) is 14.4. The first-order valence-corrected chi connectivity index (χ1v) is 45.0. The van der Waals surface area contributed by atoms with Crippen LogP contribution in [-0.2, 0) is 65.0 Å². The van der Waals surface area contributed by atoms with E-state index in [1.54, 1.807) is 0 Å². The molecule has 111 heavy (non-hydrogen) atoms. The highest BCUT2D eigenvalue weighted by Crippen LogP contribution is 2.51. The molecule has 3 aromatic heterocycles. The second-order valence-corrected chi connectivity index (χ2v) is 48.0. The van der Waals surface area contributed by atoms with Crippen LogP contribution >= 0.6 is 24.5 Å². The highest BCUT2D eigenvalue weighted by molar-refractivity contribution is 7.39. The summed E-state index contributed by atoms with van der Waals surface area (Å²) in [5, 5.41) is 17.9. The third-order valence-corrected chi connectivity index (χ3v) is 25.5. The molecule has 1 aliphatic rings. The van der Waals surface area contributed by atoms with Crippen molar-refractivity contribution in [2.24, 2.45) is 0 Å². The van der Waals surface area contributed by atoms with Gasteiger partial charge in [-0.15, -0.1) is 0 Å². The van der Waals surface area contributed by atoms with Crippen molar-refractivity contribution in [3.8, 4) is 0 Å². The van der Waals surface area contributed by atoms with Gasteiger partial charge >= 0.3 is 24.5 Å². The molecule has 0 amide bonds. The first kappa shape index (κ1) is 88.9. The van der Waals surface area contributed by atoms with Crippen LogP contribution in [0, 0.1) is 0 Å². The maximum atomic E-state index is 6.99. The lowest BCUT2D eigenvalue weighted by molar-refractivity contribution is 0.463. The van der Waals surface area contributed by atoms with Crippen LogP contribution in [0.2, 0.25) is 0 Å². The van der Waals surface area contributed by atoms with E-state index in [1.807, 2.05) is 18.2 Å². The molecule has 10 aromatic rings. The Bertz CT molecular complexity index is 4850. The molecule has 0 atom stereocenters. The lowest BCUT2D eigenvalue weighted by Gasteiger charge is -2.27. The molecule has 608 valence electrons. The monoisotopic (exact) mass is 1570 g/mol. The van der Waals surface area contributed by atoms with Crippen LogP contribution < -0.4 is 15.3 Å². The van der Waals surface area contributed by atoms with Gasteiger partial charge in [-0.05, 0) is 166 Å². The van der Waals surface area contributed by atoms with Gasteiger partial charge in [-0.2, -0.15) is 0 Å². The number of benzene rings is 7. The minimum absolute atomic E-state index is 0.0100. The largest absolute Gasteiger partial charge is 0.408 e. The Kier molecular flexibility index (Phi) is 25.5. The maximum Gasteiger partial charge on any atom is 0.338 e. The molecule has 0 spiro atoms. The molecule has 3 N–H and O–H groups in total. The van der Waals surface area contributed by atoms with E-state index in [-0.39, 0.29) is 65.0 Å². The van der Waals surface area contributed by atoms with Crippen LogP contribution in [0.4, 0.5) is 5.69 Å². The molecule has 1 fully saturated rings. The van der Waals surface area contributed by atoms with Crippen molar-refractivity contribution in [3.63, 3.8) is 0 Å². The third-order valence-electron chi connectivity index (χ3n) is 21.9. The van der Waals surface area contributed by atoms with Crippen LogP contribution in [-0.4, -0.2) is 12.6 Å². The van der Waals surface area contributed by atoms with Gasteiger partial charge in [0.2, 0.25) is 0 Å². The average molecular weight is 1570 g/mol. The van der Waals surface area contributed by atoms with Gasteiger partial charge in [-0.3, -0.25) is 5.09 Å². The molecule has 0 radical (unpaired) electrons. The van der Waals surface area contributed by atoms with Gasteiger partial charge in [0.1, 0.15) is 33.5 Å². The summed E-state index contributed by atoms with van der Waals surface area (Å²) in [6.45, 7) is 85.4. The zero-order valence-corrected chi connectivity index (χ0v) is 78.8. The molecule has 0 aliphatic heterocycles. The zero-order chi connectivity index (χ0) is 83.1. The highest BCUT2D eigenvalue weighted by Gasteiger charge is 2.34. The van der Waals surface area contributed by atoms with Gasteiger partial charge in [0, 0.05) is 84.0 Å². The standard InChI is InChI=1S/C34H52NO2P.C34H46NO2P.C31H48NO2P/c2*1-31(2,3)22-18-25-26-19-23(32(4,5)6)21-28(34(10,11)12)30(26)37-38(35-24-16-14-13-15-17-24)36-29(25)27(20-22)33(7,8)9;1-14-15-32-35-33-26-22(16-20(28(2,3)4)18-24(26)30(8,9)10)23-17-21(29(5,6)7)19-25(27(23)34-35)31(11,12)13/h18-21,24,35H,13-17H2,1-12H3;13-21,35H,1-12H3;16-19,32H,14-15H2,1-13H3. The summed E-state index contributed by atoms with van der Waals surface area (Å²) in [5.41, 5.74) is 21.6. The van der Waals surface area contributed by atoms with E-state index in [0.29, 0.717) is 6.04 Å². The van der Waals surface area contributed by atoms with Crippen molar-refractivity contribution in [1.82, 2.24) is 0 Å². The normalized spacial score (nSPS) is 14.5. The Morgan fingerprint density at radius 2 is 0.505 bits per heavy atom. The first-order chi connectivity index (χ1) is 50.5. The van der Waals surface area contributed by atoms with Crippen LogP contribution in [0.15, 0.2) is 128 Å². The summed E-state index contributed by atoms with van der Waals surface area (Å²) in [5.74, 6) is 0. The average Bonchev–Trinajstić information content (AvgIpc) is 1.72. The summed E-state index contributed by atoms with van der Waals surface area (Å²) in [6, 6.07) is 39.0. The molecular formula is C99H146N3O6P3. The van der Waals surface area contributed by atoms with E-state index in [4.69, 9.17) is 25.2 Å². The smallest absolute Gasteiger partial charge is 0.338 e. The number of anilines is 1. The van der Waals surface area contributed by atoms with Gasteiger partial charge in [-0.25, -0.2) is 10.2 Å². The van der Waals surface area contributed by atoms with Gasteiger partial charge in [-0.1, -0.05) is 330 Å². The lowest BCUT2D eigenvalue weighted by atomic mass is 9.77. The SMILES string of the molecule is CC(C)(C)c1cc(C(C)(C)C)c2op(NC3CCCCC3)oc3c(C(C)(C)C)cc(C(C)(C)C)cc3c2c1.CC(C)(C)c1cc(C(C)(C)C)c2op(Nc3ccccc3)oc3c(C(C)(C)C)cc(C(C)(C)C)cc3c2c1.CCCNp1oc2c(C(C)(C)C)cc(C(C)(C)C)cc2c2cc(C(C)(C)C)cc(C(C)(C)C)c2o1. The van der Waals surface area contributed by atoms with E-state index in [1.165, 1.54) is 110 Å². The molecule has 9 nitrogen and oxygen atoms in total. The summed E-state index contributed by atoms with van der Waals surface area (Å²) < 4.78 is 41.4. The molecule has 11 rings (SSSR count). The molecular weight excluding hydrogens is 1420 g/mol. The summed E-state index contributed by atoms with van der Waals surface area (Å²) >= 11 is 0. The minimum Gasteiger partial charge on any atom is -0.408 e.